The van der Waals surface area contributed by atoms with E-state index in [1.807, 2.05) is 0 Å². The number of alkyl halides is 3. The number of nitrogens with one attached hydrogen (secondary N) is 1. The van der Waals surface area contributed by atoms with Crippen LogP contribution in [0.15, 0.2) is 12.3 Å². The minimum atomic E-state index is -4.47. The third-order valence-electron chi connectivity index (χ3n) is 3.82. The molecule has 112 valence electrons. The highest BCUT2D eigenvalue weighted by molar-refractivity contribution is 5.26. The van der Waals surface area contributed by atoms with E-state index in [0.29, 0.717) is 6.54 Å². The lowest BCUT2D eigenvalue weighted by Gasteiger charge is -2.35. The average molecular weight is 289 g/mol. The monoisotopic (exact) mass is 289 g/mol. The fourth-order valence-electron chi connectivity index (χ4n) is 2.56. The lowest BCUT2D eigenvalue weighted by atomic mass is 9.74. The Hall–Kier alpha value is -1.37. The molecule has 20 heavy (non-hydrogen) atoms. The lowest BCUT2D eigenvalue weighted by Crippen LogP contribution is -2.36. The van der Waals surface area contributed by atoms with Gasteiger partial charge in [-0.05, 0) is 18.9 Å². The van der Waals surface area contributed by atoms with E-state index in [1.165, 1.54) is 0 Å². The van der Waals surface area contributed by atoms with E-state index < -0.39 is 11.9 Å². The van der Waals surface area contributed by atoms with Crippen LogP contribution in [0.5, 0.6) is 0 Å². The summed E-state index contributed by atoms with van der Waals surface area (Å²) in [4.78, 5) is 7.26. The van der Waals surface area contributed by atoms with Gasteiger partial charge in [0, 0.05) is 18.2 Å². The normalized spacial score (nSPS) is 18.8. The third kappa shape index (κ3) is 3.59. The van der Waals surface area contributed by atoms with Crippen LogP contribution >= 0.6 is 0 Å². The molecule has 0 saturated heterocycles. The number of nitrogens with zero attached hydrogens (tertiary/aromatic N) is 2. The molecule has 2 rings (SSSR count). The predicted octanol–water partition coefficient (Wildman–Crippen LogP) is 2.85. The molecule has 1 saturated carbocycles. The van der Waals surface area contributed by atoms with Gasteiger partial charge in [-0.25, -0.2) is 9.97 Å². The minimum absolute atomic E-state index is 0.0267. The van der Waals surface area contributed by atoms with Gasteiger partial charge < -0.3 is 10.4 Å². The Morgan fingerprint density at radius 2 is 1.95 bits per heavy atom. The van der Waals surface area contributed by atoms with Gasteiger partial charge in [-0.15, -0.1) is 0 Å². The maximum Gasteiger partial charge on any atom is 0.433 e. The second-order valence-electron chi connectivity index (χ2n) is 5.34. The van der Waals surface area contributed by atoms with Crippen LogP contribution in [-0.4, -0.2) is 28.2 Å². The molecule has 0 atom stereocenters. The van der Waals surface area contributed by atoms with E-state index in [0.717, 1.165) is 44.4 Å². The van der Waals surface area contributed by atoms with E-state index >= 15 is 0 Å². The molecule has 0 bridgehead atoms. The Kier molecular flexibility index (Phi) is 4.47. The van der Waals surface area contributed by atoms with Crippen molar-refractivity contribution in [1.82, 2.24) is 9.97 Å². The zero-order valence-corrected chi connectivity index (χ0v) is 11.1. The molecule has 1 aliphatic rings. The molecule has 2 N–H and O–H groups in total. The number of aliphatic hydroxyl groups is 1. The molecule has 0 unspecified atom stereocenters. The first kappa shape index (κ1) is 15.0. The quantitative estimate of drug-likeness (QED) is 0.895. The molecule has 0 amide bonds. The molecule has 1 aromatic rings. The van der Waals surface area contributed by atoms with Gasteiger partial charge >= 0.3 is 6.18 Å². The Morgan fingerprint density at radius 1 is 1.25 bits per heavy atom. The molecule has 7 heteroatoms. The molecule has 0 aliphatic heterocycles. The van der Waals surface area contributed by atoms with Gasteiger partial charge in [0.15, 0.2) is 0 Å². The van der Waals surface area contributed by atoms with E-state index in [9.17, 15) is 18.3 Å². The maximum absolute atomic E-state index is 12.5. The van der Waals surface area contributed by atoms with Crippen molar-refractivity contribution in [1.29, 1.82) is 0 Å². The highest BCUT2D eigenvalue weighted by atomic mass is 19.4. The Bertz CT molecular complexity index is 445. The lowest BCUT2D eigenvalue weighted by molar-refractivity contribution is -0.141. The molecule has 1 aromatic heterocycles. The summed E-state index contributed by atoms with van der Waals surface area (Å²) in [7, 11) is 0. The van der Waals surface area contributed by atoms with Crippen molar-refractivity contribution in [2.24, 2.45) is 5.41 Å². The number of anilines is 1. The maximum atomic E-state index is 12.5. The second-order valence-corrected chi connectivity index (χ2v) is 5.34. The van der Waals surface area contributed by atoms with Crippen LogP contribution in [0.2, 0.25) is 0 Å². The zero-order chi connectivity index (χ0) is 14.6. The van der Waals surface area contributed by atoms with Crippen LogP contribution in [0.1, 0.15) is 37.8 Å². The van der Waals surface area contributed by atoms with Crippen molar-refractivity contribution in [2.75, 3.05) is 18.5 Å². The van der Waals surface area contributed by atoms with Crippen LogP contribution in [0.25, 0.3) is 0 Å². The van der Waals surface area contributed by atoms with Crippen LogP contribution < -0.4 is 5.32 Å². The number of aliphatic hydroxyl groups excluding tert-OH is 1. The fraction of sp³-hybridized carbons (Fsp3) is 0.692. The zero-order valence-electron chi connectivity index (χ0n) is 11.1. The highest BCUT2D eigenvalue weighted by Gasteiger charge is 2.34. The molecule has 1 fully saturated rings. The molecule has 0 aromatic carbocycles. The molecular formula is C13H18F3N3O. The summed E-state index contributed by atoms with van der Waals surface area (Å²) in [6.45, 7) is 0.420. The standard InChI is InChI=1S/C13H18F3N3O/c14-13(15,16)10-4-7-17-11(19-10)18-8-12(9-20)5-2-1-3-6-12/h4,7,20H,1-3,5-6,8-9H2,(H,17,18,19). The molecule has 0 radical (unpaired) electrons. The Labute approximate surface area is 115 Å². The van der Waals surface area contributed by atoms with Crippen molar-refractivity contribution in [3.05, 3.63) is 18.0 Å². The predicted molar refractivity (Wildman–Crippen MR) is 68.1 cm³/mol. The Morgan fingerprint density at radius 3 is 2.55 bits per heavy atom. The SMILES string of the molecule is OCC1(CNc2nccc(C(F)(F)F)n2)CCCCC1. The smallest absolute Gasteiger partial charge is 0.396 e. The molecular weight excluding hydrogens is 271 g/mol. The van der Waals surface area contributed by atoms with Crippen LogP contribution in [0.4, 0.5) is 19.1 Å². The largest absolute Gasteiger partial charge is 0.433 e. The molecule has 4 nitrogen and oxygen atoms in total. The van der Waals surface area contributed by atoms with E-state index in [4.69, 9.17) is 0 Å². The van der Waals surface area contributed by atoms with Gasteiger partial charge in [0.05, 0.1) is 6.61 Å². The number of hydrogen-bond donors (Lipinski definition) is 2. The second kappa shape index (κ2) is 5.95. The minimum Gasteiger partial charge on any atom is -0.396 e. The van der Waals surface area contributed by atoms with Crippen molar-refractivity contribution >= 4 is 5.95 Å². The van der Waals surface area contributed by atoms with E-state index in [2.05, 4.69) is 15.3 Å². The van der Waals surface area contributed by atoms with Crippen molar-refractivity contribution in [2.45, 2.75) is 38.3 Å². The first-order chi connectivity index (χ1) is 9.45. The fourth-order valence-corrected chi connectivity index (χ4v) is 2.56. The topological polar surface area (TPSA) is 58.0 Å². The van der Waals surface area contributed by atoms with Gasteiger partial charge in [0.25, 0.3) is 0 Å². The summed E-state index contributed by atoms with van der Waals surface area (Å²) in [6, 6.07) is 0.841. The summed E-state index contributed by atoms with van der Waals surface area (Å²) in [5.74, 6) is -0.0433. The summed E-state index contributed by atoms with van der Waals surface area (Å²) < 4.78 is 37.6. The van der Waals surface area contributed by atoms with E-state index in [-0.39, 0.29) is 18.0 Å². The number of hydrogen-bond acceptors (Lipinski definition) is 4. The number of halogens is 3. The van der Waals surface area contributed by atoms with Gasteiger partial charge in [-0.3, -0.25) is 0 Å². The van der Waals surface area contributed by atoms with Gasteiger partial charge in [-0.1, -0.05) is 19.3 Å². The van der Waals surface area contributed by atoms with E-state index in [1.54, 1.807) is 0 Å². The first-order valence-electron chi connectivity index (χ1n) is 6.70. The Balaban J connectivity index is 2.03. The van der Waals surface area contributed by atoms with Gasteiger partial charge in [-0.2, -0.15) is 13.2 Å². The summed E-state index contributed by atoms with van der Waals surface area (Å²) in [5, 5.41) is 12.4. The molecule has 1 aliphatic carbocycles. The van der Waals surface area contributed by atoms with Gasteiger partial charge in [0.1, 0.15) is 5.69 Å². The number of rotatable bonds is 4. The third-order valence-corrected chi connectivity index (χ3v) is 3.82. The molecule has 1 heterocycles. The van der Waals surface area contributed by atoms with Crippen LogP contribution in [0, 0.1) is 5.41 Å². The summed E-state index contributed by atoms with van der Waals surface area (Å²) >= 11 is 0. The first-order valence-corrected chi connectivity index (χ1v) is 6.70. The summed E-state index contributed by atoms with van der Waals surface area (Å²) in [5.41, 5.74) is -1.23. The van der Waals surface area contributed by atoms with Crippen molar-refractivity contribution in [3.8, 4) is 0 Å². The average Bonchev–Trinajstić information content (AvgIpc) is 2.46. The van der Waals surface area contributed by atoms with Crippen LogP contribution in [0.3, 0.4) is 0 Å². The van der Waals surface area contributed by atoms with Crippen molar-refractivity contribution < 1.29 is 18.3 Å². The van der Waals surface area contributed by atoms with Crippen molar-refractivity contribution in [3.63, 3.8) is 0 Å². The summed E-state index contributed by atoms with van der Waals surface area (Å²) in [6.07, 6.45) is 1.56. The van der Waals surface area contributed by atoms with Crippen LogP contribution in [-0.2, 0) is 6.18 Å². The molecule has 0 spiro atoms. The van der Waals surface area contributed by atoms with Gasteiger partial charge in [0.2, 0.25) is 5.95 Å². The number of aromatic nitrogens is 2. The highest BCUT2D eigenvalue weighted by Crippen LogP contribution is 2.36.